The van der Waals surface area contributed by atoms with Gasteiger partial charge in [-0.25, -0.2) is 4.39 Å². The first-order valence-electron chi connectivity index (χ1n) is 7.96. The molecule has 2 aromatic rings. The largest absolute Gasteiger partial charge is 0.349 e. The molecular formula is C19H21FN2O. The van der Waals surface area contributed by atoms with Crippen LogP contribution in [0.4, 0.5) is 4.39 Å². The number of amides is 1. The second-order valence-corrected chi connectivity index (χ2v) is 6.28. The van der Waals surface area contributed by atoms with E-state index in [-0.39, 0.29) is 23.8 Å². The van der Waals surface area contributed by atoms with Crippen molar-refractivity contribution in [3.05, 3.63) is 59.4 Å². The summed E-state index contributed by atoms with van der Waals surface area (Å²) >= 11 is 0. The maximum absolute atomic E-state index is 13.3. The molecule has 0 aromatic heterocycles. The van der Waals surface area contributed by atoms with Gasteiger partial charge in [-0.1, -0.05) is 18.2 Å². The minimum atomic E-state index is -0.252. The minimum Gasteiger partial charge on any atom is -0.349 e. The van der Waals surface area contributed by atoms with Crippen molar-refractivity contribution in [3.8, 4) is 11.1 Å². The van der Waals surface area contributed by atoms with E-state index < -0.39 is 0 Å². The maximum atomic E-state index is 13.3. The number of hydrogen-bond acceptors (Lipinski definition) is 2. The molecule has 1 amide bonds. The normalized spacial score (nSPS) is 20.5. The smallest absolute Gasteiger partial charge is 0.251 e. The van der Waals surface area contributed by atoms with Gasteiger partial charge in [-0.05, 0) is 67.1 Å². The Morgan fingerprint density at radius 1 is 1.22 bits per heavy atom. The first-order chi connectivity index (χ1) is 11.0. The molecule has 1 fully saturated rings. The van der Waals surface area contributed by atoms with Gasteiger partial charge in [0.2, 0.25) is 0 Å². The number of rotatable bonds is 3. The Morgan fingerprint density at radius 3 is 2.74 bits per heavy atom. The van der Waals surface area contributed by atoms with Crippen molar-refractivity contribution in [3.63, 3.8) is 0 Å². The fraction of sp³-hybridized carbons (Fsp3) is 0.316. The van der Waals surface area contributed by atoms with E-state index >= 15 is 0 Å². The van der Waals surface area contributed by atoms with Gasteiger partial charge < -0.3 is 11.1 Å². The van der Waals surface area contributed by atoms with Crippen LogP contribution in [0.3, 0.4) is 0 Å². The molecule has 0 saturated heterocycles. The first kappa shape index (κ1) is 15.7. The van der Waals surface area contributed by atoms with Gasteiger partial charge in [0.25, 0.3) is 5.91 Å². The molecule has 2 unspecified atom stereocenters. The summed E-state index contributed by atoms with van der Waals surface area (Å²) < 4.78 is 13.3. The fourth-order valence-electron chi connectivity index (χ4n) is 3.20. The zero-order valence-electron chi connectivity index (χ0n) is 13.2. The Bertz CT molecular complexity index is 729. The molecule has 0 aliphatic heterocycles. The standard InChI is InChI=1S/C19H21FN2O/c1-12-9-15(20)5-8-18(12)13-3-2-4-14(10-13)19(23)22-17-7-6-16(21)11-17/h2-5,8-10,16-17H,6-7,11,21H2,1H3,(H,22,23). The summed E-state index contributed by atoms with van der Waals surface area (Å²) in [4.78, 5) is 12.4. The second-order valence-electron chi connectivity index (χ2n) is 6.28. The van der Waals surface area contributed by atoms with Crippen LogP contribution in [0.15, 0.2) is 42.5 Å². The van der Waals surface area contributed by atoms with E-state index in [9.17, 15) is 9.18 Å². The minimum absolute atomic E-state index is 0.0780. The van der Waals surface area contributed by atoms with Crippen molar-refractivity contribution in [2.45, 2.75) is 38.3 Å². The lowest BCUT2D eigenvalue weighted by Gasteiger charge is -2.13. The zero-order chi connectivity index (χ0) is 16.4. The van der Waals surface area contributed by atoms with Gasteiger partial charge in [-0.3, -0.25) is 4.79 Å². The van der Waals surface area contributed by atoms with Crippen molar-refractivity contribution >= 4 is 5.91 Å². The molecule has 2 aromatic carbocycles. The molecule has 2 atom stereocenters. The highest BCUT2D eigenvalue weighted by Gasteiger charge is 2.23. The number of carbonyl (C=O) groups excluding carboxylic acids is 1. The predicted molar refractivity (Wildman–Crippen MR) is 89.7 cm³/mol. The van der Waals surface area contributed by atoms with E-state index in [0.29, 0.717) is 5.56 Å². The van der Waals surface area contributed by atoms with Gasteiger partial charge in [0.15, 0.2) is 0 Å². The molecule has 3 nitrogen and oxygen atoms in total. The third-order valence-corrected chi connectivity index (χ3v) is 4.43. The first-order valence-corrected chi connectivity index (χ1v) is 7.96. The number of aryl methyl sites for hydroxylation is 1. The molecule has 3 N–H and O–H groups in total. The van der Waals surface area contributed by atoms with Gasteiger partial charge in [-0.15, -0.1) is 0 Å². The predicted octanol–water partition coefficient (Wildman–Crippen LogP) is 3.41. The van der Waals surface area contributed by atoms with Crippen LogP contribution in [0.25, 0.3) is 11.1 Å². The molecule has 0 bridgehead atoms. The van der Waals surface area contributed by atoms with Crippen molar-refractivity contribution in [1.29, 1.82) is 0 Å². The van der Waals surface area contributed by atoms with Crippen molar-refractivity contribution in [1.82, 2.24) is 5.32 Å². The lowest BCUT2D eigenvalue weighted by atomic mass is 9.98. The van der Waals surface area contributed by atoms with Gasteiger partial charge in [-0.2, -0.15) is 0 Å². The molecule has 1 aliphatic carbocycles. The van der Waals surface area contributed by atoms with Crippen LogP contribution in [-0.2, 0) is 0 Å². The molecule has 23 heavy (non-hydrogen) atoms. The van der Waals surface area contributed by atoms with E-state index in [0.717, 1.165) is 36.0 Å². The van der Waals surface area contributed by atoms with Gasteiger partial charge >= 0.3 is 0 Å². The Hall–Kier alpha value is -2.20. The number of hydrogen-bond donors (Lipinski definition) is 2. The zero-order valence-corrected chi connectivity index (χ0v) is 13.2. The van der Waals surface area contributed by atoms with Crippen molar-refractivity contribution < 1.29 is 9.18 Å². The molecule has 1 aliphatic rings. The van der Waals surface area contributed by atoms with E-state index in [1.807, 2.05) is 25.1 Å². The van der Waals surface area contributed by atoms with Crippen LogP contribution in [-0.4, -0.2) is 18.0 Å². The fourth-order valence-corrected chi connectivity index (χ4v) is 3.20. The quantitative estimate of drug-likeness (QED) is 0.912. The third-order valence-electron chi connectivity index (χ3n) is 4.43. The highest BCUT2D eigenvalue weighted by atomic mass is 19.1. The average Bonchev–Trinajstić information content (AvgIpc) is 2.92. The molecule has 4 heteroatoms. The molecule has 1 saturated carbocycles. The Labute approximate surface area is 135 Å². The monoisotopic (exact) mass is 312 g/mol. The van der Waals surface area contributed by atoms with Crippen LogP contribution in [0.2, 0.25) is 0 Å². The molecule has 0 spiro atoms. The van der Waals surface area contributed by atoms with Gasteiger partial charge in [0.05, 0.1) is 0 Å². The lowest BCUT2D eigenvalue weighted by Crippen LogP contribution is -2.34. The van der Waals surface area contributed by atoms with Gasteiger partial charge in [0.1, 0.15) is 5.82 Å². The van der Waals surface area contributed by atoms with E-state index in [1.165, 1.54) is 12.1 Å². The molecule has 0 radical (unpaired) electrons. The second kappa shape index (κ2) is 6.50. The summed E-state index contributed by atoms with van der Waals surface area (Å²) in [5.41, 5.74) is 9.20. The number of nitrogens with two attached hydrogens (primary N) is 1. The van der Waals surface area contributed by atoms with Crippen LogP contribution >= 0.6 is 0 Å². The number of halogens is 1. The summed E-state index contributed by atoms with van der Waals surface area (Å²) in [6.07, 6.45) is 2.73. The summed E-state index contributed by atoms with van der Waals surface area (Å²) in [5, 5.41) is 3.05. The van der Waals surface area contributed by atoms with E-state index in [4.69, 9.17) is 5.73 Å². The summed E-state index contributed by atoms with van der Waals surface area (Å²) in [6, 6.07) is 12.5. The SMILES string of the molecule is Cc1cc(F)ccc1-c1cccc(C(=O)NC2CCC(N)C2)c1. The van der Waals surface area contributed by atoms with Crippen LogP contribution < -0.4 is 11.1 Å². The number of nitrogens with one attached hydrogen (secondary N) is 1. The number of carbonyl (C=O) groups is 1. The molecule has 0 heterocycles. The Morgan fingerprint density at radius 2 is 2.04 bits per heavy atom. The van der Waals surface area contributed by atoms with Gasteiger partial charge in [0, 0.05) is 17.6 Å². The Balaban J connectivity index is 1.80. The molecular weight excluding hydrogens is 291 g/mol. The summed E-state index contributed by atoms with van der Waals surface area (Å²) in [7, 11) is 0. The van der Waals surface area contributed by atoms with Crippen LogP contribution in [0, 0.1) is 12.7 Å². The topological polar surface area (TPSA) is 55.1 Å². The van der Waals surface area contributed by atoms with Crippen LogP contribution in [0.1, 0.15) is 35.2 Å². The Kier molecular flexibility index (Phi) is 4.44. The van der Waals surface area contributed by atoms with Crippen LogP contribution in [0.5, 0.6) is 0 Å². The van der Waals surface area contributed by atoms with Crippen molar-refractivity contribution in [2.24, 2.45) is 5.73 Å². The summed E-state index contributed by atoms with van der Waals surface area (Å²) in [5.74, 6) is -0.330. The van der Waals surface area contributed by atoms with Crippen molar-refractivity contribution in [2.75, 3.05) is 0 Å². The van der Waals surface area contributed by atoms with E-state index in [1.54, 1.807) is 12.1 Å². The highest BCUT2D eigenvalue weighted by Crippen LogP contribution is 2.25. The number of benzene rings is 2. The van der Waals surface area contributed by atoms with E-state index in [2.05, 4.69) is 5.32 Å². The maximum Gasteiger partial charge on any atom is 0.251 e. The molecule has 120 valence electrons. The lowest BCUT2D eigenvalue weighted by molar-refractivity contribution is 0.0937. The molecule has 3 rings (SSSR count). The third kappa shape index (κ3) is 3.59. The average molecular weight is 312 g/mol. The summed E-state index contributed by atoms with van der Waals surface area (Å²) in [6.45, 7) is 1.87. The highest BCUT2D eigenvalue weighted by molar-refractivity contribution is 5.95.